The minimum atomic E-state index is -4.86. The molecule has 8 nitrogen and oxygen atoms in total. The molecule has 0 spiro atoms. The first-order valence-corrected chi connectivity index (χ1v) is 7.90. The van der Waals surface area contributed by atoms with Crippen molar-refractivity contribution >= 4 is 67.2 Å². The van der Waals surface area contributed by atoms with Gasteiger partial charge in [0.05, 0.1) is 0 Å². The Kier molecular flexibility index (Phi) is 6.43. The molecular weight excluding hydrogens is 382 g/mol. The molecule has 14 heteroatoms. The highest BCUT2D eigenvalue weighted by Crippen LogP contribution is 2.43. The van der Waals surface area contributed by atoms with Crippen LogP contribution in [-0.2, 0) is 29.2 Å². The Labute approximate surface area is 123 Å². The average Bonchev–Trinajstić information content (AvgIpc) is 2.10. The van der Waals surface area contributed by atoms with E-state index in [2.05, 4.69) is 8.37 Å². The van der Waals surface area contributed by atoms with Crippen molar-refractivity contribution in [3.63, 3.8) is 0 Å². The van der Waals surface area contributed by atoms with Crippen molar-refractivity contribution in [1.82, 2.24) is 0 Å². The van der Waals surface area contributed by atoms with Gasteiger partial charge in [-0.15, -0.1) is 0 Å². The standard InChI is InChI=1S/C4H6Cl4O8S2/c5-3(6,1-15-17(9,10)11)4(7,8)2-16-18(12,13)14/h1-2H2,(H,9,10,11)(H,12,13,14). The molecule has 2 N–H and O–H groups in total. The summed E-state index contributed by atoms with van der Waals surface area (Å²) in [5.74, 6) is 0. The fourth-order valence-electron chi connectivity index (χ4n) is 0.508. The van der Waals surface area contributed by atoms with Crippen LogP contribution in [0.3, 0.4) is 0 Å². The molecule has 0 aliphatic heterocycles. The Balaban J connectivity index is 4.75. The van der Waals surface area contributed by atoms with E-state index in [1.54, 1.807) is 0 Å². The molecule has 0 heterocycles. The fourth-order valence-corrected chi connectivity index (χ4v) is 1.85. The number of hydrogen-bond acceptors (Lipinski definition) is 6. The molecule has 18 heavy (non-hydrogen) atoms. The van der Waals surface area contributed by atoms with Gasteiger partial charge in [0.1, 0.15) is 13.2 Å². The van der Waals surface area contributed by atoms with E-state index in [0.717, 1.165) is 0 Å². The quantitative estimate of drug-likeness (QED) is 0.488. The zero-order chi connectivity index (χ0) is 14.8. The number of halogens is 4. The van der Waals surface area contributed by atoms with Gasteiger partial charge in [0.15, 0.2) is 8.67 Å². The smallest absolute Gasteiger partial charge is 0.264 e. The summed E-state index contributed by atoms with van der Waals surface area (Å²) in [6, 6.07) is 0. The third-order valence-corrected chi connectivity index (χ3v) is 4.26. The summed E-state index contributed by atoms with van der Waals surface area (Å²) in [7, 11) is -9.71. The first kappa shape index (κ1) is 18.9. The molecule has 0 aromatic heterocycles. The van der Waals surface area contributed by atoms with E-state index in [-0.39, 0.29) is 0 Å². The molecule has 0 aromatic carbocycles. The van der Waals surface area contributed by atoms with Crippen LogP contribution in [-0.4, -0.2) is 47.8 Å². The van der Waals surface area contributed by atoms with Crippen LogP contribution in [0.4, 0.5) is 0 Å². The molecule has 0 saturated heterocycles. The maximum absolute atomic E-state index is 10.3. The largest absolute Gasteiger partial charge is 0.397 e. The lowest BCUT2D eigenvalue weighted by atomic mass is 10.3. The van der Waals surface area contributed by atoms with E-state index in [1.807, 2.05) is 0 Å². The molecule has 0 bridgehead atoms. The van der Waals surface area contributed by atoms with Crippen molar-refractivity contribution in [2.24, 2.45) is 0 Å². The number of alkyl halides is 4. The Morgan fingerprint density at radius 3 is 1.17 bits per heavy atom. The normalized spacial score (nSPS) is 14.8. The van der Waals surface area contributed by atoms with E-state index >= 15 is 0 Å². The third-order valence-electron chi connectivity index (χ3n) is 1.31. The fraction of sp³-hybridized carbons (Fsp3) is 1.00. The van der Waals surface area contributed by atoms with Crippen molar-refractivity contribution < 1.29 is 34.3 Å². The van der Waals surface area contributed by atoms with Crippen LogP contribution in [0.15, 0.2) is 0 Å². The van der Waals surface area contributed by atoms with Gasteiger partial charge < -0.3 is 0 Å². The molecule has 0 amide bonds. The van der Waals surface area contributed by atoms with Crippen LogP contribution in [0, 0.1) is 0 Å². The second-order valence-electron chi connectivity index (χ2n) is 2.79. The van der Waals surface area contributed by atoms with E-state index in [0.29, 0.717) is 0 Å². The molecule has 110 valence electrons. The van der Waals surface area contributed by atoms with Gasteiger partial charge in [0, 0.05) is 0 Å². The molecule has 0 rings (SSSR count). The van der Waals surface area contributed by atoms with Crippen molar-refractivity contribution in [1.29, 1.82) is 0 Å². The lowest BCUT2D eigenvalue weighted by Gasteiger charge is -2.30. The second kappa shape index (κ2) is 6.12. The zero-order valence-electron chi connectivity index (χ0n) is 8.09. The van der Waals surface area contributed by atoms with Crippen LogP contribution in [0.5, 0.6) is 0 Å². The van der Waals surface area contributed by atoms with Gasteiger partial charge in [-0.2, -0.15) is 16.8 Å². The first-order chi connectivity index (χ1) is 7.66. The summed E-state index contributed by atoms with van der Waals surface area (Å²) >= 11 is 22.0. The predicted octanol–water partition coefficient (Wildman–Crippen LogP) is 0.973. The second-order valence-corrected chi connectivity index (χ2v) is 7.94. The lowest BCUT2D eigenvalue weighted by Crippen LogP contribution is -2.44. The van der Waals surface area contributed by atoms with Crippen molar-refractivity contribution in [3.8, 4) is 0 Å². The SMILES string of the molecule is O=S(=O)(O)OCC(Cl)(Cl)C(Cl)(Cl)COS(=O)(=O)O. The van der Waals surface area contributed by atoms with Crippen molar-refractivity contribution in [2.75, 3.05) is 13.2 Å². The lowest BCUT2D eigenvalue weighted by molar-refractivity contribution is 0.218. The highest BCUT2D eigenvalue weighted by molar-refractivity contribution is 7.81. The summed E-state index contributed by atoms with van der Waals surface area (Å²) < 4.78 is 60.7. The highest BCUT2D eigenvalue weighted by atomic mass is 35.5. The van der Waals surface area contributed by atoms with E-state index in [4.69, 9.17) is 55.5 Å². The predicted molar refractivity (Wildman–Crippen MR) is 63.9 cm³/mol. The first-order valence-electron chi connectivity index (χ1n) is 3.66. The maximum atomic E-state index is 10.3. The van der Waals surface area contributed by atoms with Crippen molar-refractivity contribution in [3.05, 3.63) is 0 Å². The van der Waals surface area contributed by atoms with Gasteiger partial charge in [0.25, 0.3) is 0 Å². The molecule has 0 atom stereocenters. The van der Waals surface area contributed by atoms with Crippen LogP contribution >= 0.6 is 46.4 Å². The van der Waals surface area contributed by atoms with Gasteiger partial charge in [-0.25, -0.2) is 8.37 Å². The molecule has 0 radical (unpaired) electrons. The monoisotopic (exact) mass is 386 g/mol. The topological polar surface area (TPSA) is 127 Å². The third kappa shape index (κ3) is 7.48. The van der Waals surface area contributed by atoms with E-state index < -0.39 is 42.7 Å². The molecule has 0 aromatic rings. The van der Waals surface area contributed by atoms with Gasteiger partial charge in [-0.05, 0) is 0 Å². The summed E-state index contributed by atoms with van der Waals surface area (Å²) in [4.78, 5) is 0. The van der Waals surface area contributed by atoms with Gasteiger partial charge in [-0.1, -0.05) is 46.4 Å². The van der Waals surface area contributed by atoms with Crippen LogP contribution in [0.2, 0.25) is 0 Å². The van der Waals surface area contributed by atoms with Crippen LogP contribution in [0.1, 0.15) is 0 Å². The molecule has 0 aliphatic rings. The van der Waals surface area contributed by atoms with E-state index in [1.165, 1.54) is 0 Å². The number of rotatable bonds is 7. The Hall–Kier alpha value is 0.900. The van der Waals surface area contributed by atoms with Gasteiger partial charge in [-0.3, -0.25) is 9.11 Å². The van der Waals surface area contributed by atoms with Gasteiger partial charge in [0.2, 0.25) is 0 Å². The van der Waals surface area contributed by atoms with Crippen molar-refractivity contribution in [2.45, 2.75) is 8.67 Å². The summed E-state index contributed by atoms with van der Waals surface area (Å²) in [5, 5.41) is 0. The number of hydrogen-bond donors (Lipinski definition) is 2. The van der Waals surface area contributed by atoms with Crippen LogP contribution < -0.4 is 0 Å². The highest BCUT2D eigenvalue weighted by Gasteiger charge is 2.49. The summed E-state index contributed by atoms with van der Waals surface area (Å²) in [6.45, 7) is -2.20. The molecular formula is C4H6Cl4O8S2. The Morgan fingerprint density at radius 2 is 1.00 bits per heavy atom. The minimum Gasteiger partial charge on any atom is -0.264 e. The molecule has 0 unspecified atom stereocenters. The Bertz CT molecular complexity index is 435. The minimum absolute atomic E-state index is 1.10. The molecule has 0 fully saturated rings. The summed E-state index contributed by atoms with van der Waals surface area (Å²) in [6.07, 6.45) is 0. The molecule has 0 saturated carbocycles. The Morgan fingerprint density at radius 1 is 0.778 bits per heavy atom. The average molecular weight is 388 g/mol. The van der Waals surface area contributed by atoms with Crippen LogP contribution in [0.25, 0.3) is 0 Å². The maximum Gasteiger partial charge on any atom is 0.397 e. The molecule has 0 aliphatic carbocycles. The van der Waals surface area contributed by atoms with Gasteiger partial charge >= 0.3 is 20.8 Å². The zero-order valence-corrected chi connectivity index (χ0v) is 12.7. The van der Waals surface area contributed by atoms with E-state index in [9.17, 15) is 16.8 Å². The summed E-state index contributed by atoms with van der Waals surface area (Å²) in [5.41, 5.74) is 0.